The minimum atomic E-state index is -1.79. The highest BCUT2D eigenvalue weighted by molar-refractivity contribution is 7.41. The standard InChI is InChI=1S/C10H36O3Si7/c1-10(2,14)20(9,19(7,8)12-16-4)13-17-18(5,6)11-15-3/h15-17H2,1-9,14H3. The monoisotopic (exact) mass is 400 g/mol. The van der Waals surface area contributed by atoms with Gasteiger partial charge in [0.2, 0.25) is 0 Å². The highest BCUT2D eigenvalue weighted by Crippen LogP contribution is 2.40. The lowest BCUT2D eigenvalue weighted by Gasteiger charge is -2.49. The first-order valence-corrected chi connectivity index (χ1v) is 24.9. The normalized spacial score (nSPS) is 19.1. The van der Waals surface area contributed by atoms with Crippen LogP contribution in [0.15, 0.2) is 0 Å². The Morgan fingerprint density at radius 3 is 1.65 bits per heavy atom. The van der Waals surface area contributed by atoms with Gasteiger partial charge in [-0.3, -0.25) is 0 Å². The number of hydrogen-bond donors (Lipinski definition) is 0. The minimum absolute atomic E-state index is 0.305. The third-order valence-electron chi connectivity index (χ3n) is 4.33. The van der Waals surface area contributed by atoms with Crippen molar-refractivity contribution in [2.45, 2.75) is 64.3 Å². The van der Waals surface area contributed by atoms with E-state index in [9.17, 15) is 0 Å². The van der Waals surface area contributed by atoms with Crippen molar-refractivity contribution in [2.24, 2.45) is 0 Å². The van der Waals surface area contributed by atoms with E-state index in [4.69, 9.17) is 12.3 Å². The van der Waals surface area contributed by atoms with Gasteiger partial charge in [-0.25, -0.2) is 0 Å². The van der Waals surface area contributed by atoms with E-state index in [1.807, 2.05) is 0 Å². The lowest BCUT2D eigenvalue weighted by Crippen LogP contribution is -2.69. The van der Waals surface area contributed by atoms with E-state index in [-0.39, 0.29) is 19.5 Å². The largest absolute Gasteiger partial charge is 0.461 e. The molecule has 0 fully saturated rings. The van der Waals surface area contributed by atoms with Gasteiger partial charge in [0.05, 0.1) is 0 Å². The van der Waals surface area contributed by atoms with Crippen LogP contribution >= 0.6 is 0 Å². The zero-order chi connectivity index (χ0) is 16.2. The average Bonchev–Trinajstić information content (AvgIpc) is 2.24. The molecule has 0 aromatic rings. The van der Waals surface area contributed by atoms with Gasteiger partial charge in [0, 0.05) is 10.2 Å². The summed E-state index contributed by atoms with van der Waals surface area (Å²) in [6.45, 7) is 21.3. The van der Waals surface area contributed by atoms with Crippen LogP contribution < -0.4 is 0 Å². The number of hydrogen-bond acceptors (Lipinski definition) is 3. The highest BCUT2D eigenvalue weighted by Gasteiger charge is 2.56. The second kappa shape index (κ2) is 7.79. The van der Waals surface area contributed by atoms with Crippen LogP contribution in [0.2, 0.25) is 50.5 Å². The van der Waals surface area contributed by atoms with Crippen molar-refractivity contribution >= 4 is 62.6 Å². The predicted molar refractivity (Wildman–Crippen MR) is 111 cm³/mol. The fourth-order valence-electron chi connectivity index (χ4n) is 2.54. The summed E-state index contributed by atoms with van der Waals surface area (Å²) in [5.74, 6) is 0. The molecule has 1 atom stereocenters. The Labute approximate surface area is 139 Å². The molecule has 0 saturated heterocycles. The van der Waals surface area contributed by atoms with Crippen molar-refractivity contribution in [3.05, 3.63) is 0 Å². The van der Waals surface area contributed by atoms with Gasteiger partial charge in [-0.15, -0.1) is 0 Å². The molecule has 0 aromatic carbocycles. The van der Waals surface area contributed by atoms with Gasteiger partial charge < -0.3 is 12.3 Å². The smallest absolute Gasteiger partial charge is 0.195 e. The molecular formula is C10H36O3Si7. The van der Waals surface area contributed by atoms with E-state index < -0.39 is 32.8 Å². The molecule has 0 aliphatic rings. The van der Waals surface area contributed by atoms with Crippen LogP contribution in [0.3, 0.4) is 0 Å². The highest BCUT2D eigenvalue weighted by atomic mass is 29.3. The molecule has 0 saturated carbocycles. The van der Waals surface area contributed by atoms with Gasteiger partial charge in [0.25, 0.3) is 0 Å². The molecule has 0 bridgehead atoms. The van der Waals surface area contributed by atoms with E-state index in [2.05, 4.69) is 59.7 Å². The van der Waals surface area contributed by atoms with Crippen LogP contribution in [0.1, 0.15) is 13.8 Å². The van der Waals surface area contributed by atoms with Gasteiger partial charge in [-0.05, 0) is 37.4 Å². The van der Waals surface area contributed by atoms with Crippen LogP contribution in [0.25, 0.3) is 0 Å². The summed E-state index contributed by atoms with van der Waals surface area (Å²) in [5.41, 5.74) is 0. The maximum atomic E-state index is 6.86. The van der Waals surface area contributed by atoms with E-state index in [0.717, 1.165) is 0 Å². The molecule has 1 unspecified atom stereocenters. The maximum Gasteiger partial charge on any atom is 0.195 e. The molecule has 10 heteroatoms. The maximum absolute atomic E-state index is 6.86. The second-order valence-corrected chi connectivity index (χ2v) is 38.7. The number of rotatable bonds is 9. The third kappa shape index (κ3) is 5.55. The molecule has 0 heterocycles. The van der Waals surface area contributed by atoms with Crippen molar-refractivity contribution < 1.29 is 12.3 Å². The zero-order valence-corrected chi connectivity index (χ0v) is 24.6. The Bertz CT molecular complexity index is 306. The Kier molecular flexibility index (Phi) is 8.33. The summed E-state index contributed by atoms with van der Waals surface area (Å²) in [6.07, 6.45) is 0. The van der Waals surface area contributed by atoms with Gasteiger partial charge in [0.1, 0.15) is 19.5 Å². The van der Waals surface area contributed by atoms with Crippen molar-refractivity contribution in [1.82, 2.24) is 0 Å². The van der Waals surface area contributed by atoms with Gasteiger partial charge in [-0.2, -0.15) is 0 Å². The molecule has 0 aliphatic heterocycles. The SMILES string of the molecule is C[SiH2]O[Si](C)(C)[SiH2]O[Si](C)(C(C)(C)[SiH3])[Si](C)(C)O[SiH2]C. The molecule has 3 nitrogen and oxygen atoms in total. The van der Waals surface area contributed by atoms with Crippen LogP contribution in [-0.2, 0) is 12.3 Å². The molecular weight excluding hydrogens is 365 g/mol. The first-order valence-electron chi connectivity index (χ1n) is 7.75. The van der Waals surface area contributed by atoms with Crippen LogP contribution in [0.4, 0.5) is 0 Å². The molecule has 0 spiro atoms. The summed E-state index contributed by atoms with van der Waals surface area (Å²) < 4.78 is 19.8. The Morgan fingerprint density at radius 2 is 1.30 bits per heavy atom. The third-order valence-corrected chi connectivity index (χ3v) is 42.7. The van der Waals surface area contributed by atoms with Gasteiger partial charge >= 0.3 is 0 Å². The molecule has 0 N–H and O–H groups in total. The fraction of sp³-hybridized carbons (Fsp3) is 1.00. The molecule has 0 aromatic heterocycles. The van der Waals surface area contributed by atoms with Crippen LogP contribution in [-0.4, -0.2) is 62.6 Å². The van der Waals surface area contributed by atoms with Crippen LogP contribution in [0.5, 0.6) is 0 Å². The Balaban J connectivity index is 5.19. The average molecular weight is 401 g/mol. The van der Waals surface area contributed by atoms with Crippen molar-refractivity contribution in [2.75, 3.05) is 0 Å². The van der Waals surface area contributed by atoms with Gasteiger partial charge in [0.15, 0.2) is 32.8 Å². The molecule has 122 valence electrons. The summed E-state index contributed by atoms with van der Waals surface area (Å²) in [4.78, 5) is 0. The molecule has 0 aliphatic carbocycles. The quantitative estimate of drug-likeness (QED) is 0.512. The fourth-order valence-corrected chi connectivity index (χ4v) is 46.8. The van der Waals surface area contributed by atoms with E-state index in [1.165, 1.54) is 10.2 Å². The summed E-state index contributed by atoms with van der Waals surface area (Å²) in [7, 11) is -4.99. The van der Waals surface area contributed by atoms with E-state index in [1.54, 1.807) is 0 Å². The van der Waals surface area contributed by atoms with E-state index in [0.29, 0.717) is 4.66 Å². The molecule has 0 rings (SSSR count). The predicted octanol–water partition coefficient (Wildman–Crippen LogP) is 0.0475. The summed E-state index contributed by atoms with van der Waals surface area (Å²) >= 11 is 0. The summed E-state index contributed by atoms with van der Waals surface area (Å²) in [5, 5.41) is 0. The van der Waals surface area contributed by atoms with E-state index >= 15 is 0 Å². The molecule has 0 amide bonds. The topological polar surface area (TPSA) is 27.7 Å². The van der Waals surface area contributed by atoms with Crippen molar-refractivity contribution in [3.8, 4) is 0 Å². The van der Waals surface area contributed by atoms with Crippen molar-refractivity contribution in [3.63, 3.8) is 0 Å². The van der Waals surface area contributed by atoms with Crippen molar-refractivity contribution in [1.29, 1.82) is 0 Å². The van der Waals surface area contributed by atoms with Crippen LogP contribution in [0, 0.1) is 0 Å². The Morgan fingerprint density at radius 1 is 0.850 bits per heavy atom. The zero-order valence-electron chi connectivity index (χ0n) is 15.3. The Hall–Kier alpha value is 1.40. The van der Waals surface area contributed by atoms with Gasteiger partial charge in [-0.1, -0.05) is 26.9 Å². The molecule has 0 radical (unpaired) electrons. The minimum Gasteiger partial charge on any atom is -0.461 e. The first kappa shape index (κ1) is 21.4. The second-order valence-electron chi connectivity index (χ2n) is 7.71. The molecule has 20 heavy (non-hydrogen) atoms. The lowest BCUT2D eigenvalue weighted by molar-refractivity contribution is 0.531. The first-order chi connectivity index (χ1) is 8.83. The lowest BCUT2D eigenvalue weighted by atomic mass is 10.5. The summed E-state index contributed by atoms with van der Waals surface area (Å²) in [6, 6.07) is 0.